The third-order valence-corrected chi connectivity index (χ3v) is 17.6. The molecule has 10 aromatic carbocycles. The van der Waals surface area contributed by atoms with Crippen molar-refractivity contribution in [3.63, 3.8) is 0 Å². The highest BCUT2D eigenvalue weighted by atomic mass is 28.3. The SMILES string of the molecule is CC1(C)c2ccccc2-c2ccc(-c3ccc4c(-c5cccc(-c6ccccc6)c5)c5cc6c(cc5c(-c5cccc7ccccc57)c4c3)[Si](C)(C)c3ccccc3-6)cc21. The number of hydrogen-bond acceptors (Lipinski definition) is 0. The van der Waals surface area contributed by atoms with Gasteiger partial charge in [-0.2, -0.15) is 0 Å². The summed E-state index contributed by atoms with van der Waals surface area (Å²) < 4.78 is 0. The Morgan fingerprint density at radius 1 is 0.317 bits per heavy atom. The van der Waals surface area contributed by atoms with Crippen molar-refractivity contribution in [2.45, 2.75) is 32.4 Å². The molecule has 1 aliphatic heterocycles. The maximum Gasteiger partial charge on any atom is 0.113 e. The van der Waals surface area contributed by atoms with Crippen LogP contribution in [0.15, 0.2) is 194 Å². The van der Waals surface area contributed by atoms with Crippen LogP contribution in [0.5, 0.6) is 0 Å². The predicted molar refractivity (Wildman–Crippen MR) is 260 cm³/mol. The molecular weight excluding hydrogens is 737 g/mol. The summed E-state index contributed by atoms with van der Waals surface area (Å²) in [5.41, 5.74) is 18.3. The molecule has 284 valence electrons. The number of hydrogen-bond donors (Lipinski definition) is 0. The van der Waals surface area contributed by atoms with Crippen LogP contribution < -0.4 is 10.4 Å². The van der Waals surface area contributed by atoms with E-state index in [-0.39, 0.29) is 5.41 Å². The summed E-state index contributed by atoms with van der Waals surface area (Å²) in [7, 11) is -2.01. The minimum atomic E-state index is -2.01. The van der Waals surface area contributed by atoms with E-state index in [1.54, 1.807) is 0 Å². The first kappa shape index (κ1) is 35.2. The molecule has 1 aliphatic carbocycles. The molecule has 12 rings (SSSR count). The fourth-order valence-electron chi connectivity index (χ4n) is 11.0. The largest absolute Gasteiger partial charge is 0.113 e. The third-order valence-electron chi connectivity index (χ3n) is 14.1. The molecular formula is C59H44Si. The zero-order valence-corrected chi connectivity index (χ0v) is 35.5. The molecule has 2 aliphatic rings. The molecule has 0 amide bonds. The summed E-state index contributed by atoms with van der Waals surface area (Å²) in [5.74, 6) is 0. The van der Waals surface area contributed by atoms with Gasteiger partial charge in [-0.15, -0.1) is 0 Å². The Balaban J connectivity index is 1.21. The van der Waals surface area contributed by atoms with Gasteiger partial charge >= 0.3 is 0 Å². The lowest BCUT2D eigenvalue weighted by Gasteiger charge is -2.24. The molecule has 1 heterocycles. The quantitative estimate of drug-likeness (QED) is 0.123. The molecule has 60 heavy (non-hydrogen) atoms. The number of benzene rings is 10. The normalized spacial score (nSPS) is 14.3. The zero-order valence-electron chi connectivity index (χ0n) is 34.5. The molecule has 0 saturated carbocycles. The van der Waals surface area contributed by atoms with Gasteiger partial charge in [-0.3, -0.25) is 0 Å². The maximum absolute atomic E-state index is 2.62. The van der Waals surface area contributed by atoms with Crippen LogP contribution in [-0.2, 0) is 5.41 Å². The van der Waals surface area contributed by atoms with Crippen LogP contribution in [0.25, 0.3) is 99.1 Å². The first-order chi connectivity index (χ1) is 29.3. The molecule has 0 saturated heterocycles. The van der Waals surface area contributed by atoms with E-state index >= 15 is 0 Å². The van der Waals surface area contributed by atoms with E-state index in [4.69, 9.17) is 0 Å². The van der Waals surface area contributed by atoms with Crippen LogP contribution in [0.1, 0.15) is 25.0 Å². The number of rotatable bonds is 4. The molecule has 10 aromatic rings. The fraction of sp³-hybridized carbons (Fsp3) is 0.0847. The van der Waals surface area contributed by atoms with E-state index in [0.717, 1.165) is 0 Å². The molecule has 0 fully saturated rings. The highest BCUT2D eigenvalue weighted by Gasteiger charge is 2.38. The first-order valence-corrected chi connectivity index (χ1v) is 24.3. The van der Waals surface area contributed by atoms with Crippen LogP contribution in [0.2, 0.25) is 13.1 Å². The smallest absolute Gasteiger partial charge is 0.0623 e. The van der Waals surface area contributed by atoms with Crippen LogP contribution >= 0.6 is 0 Å². The molecule has 0 spiro atoms. The molecule has 0 N–H and O–H groups in total. The minimum Gasteiger partial charge on any atom is -0.0623 e. The highest BCUT2D eigenvalue weighted by Crippen LogP contribution is 2.51. The molecule has 0 atom stereocenters. The van der Waals surface area contributed by atoms with Crippen LogP contribution in [0.4, 0.5) is 0 Å². The lowest BCUT2D eigenvalue weighted by Crippen LogP contribution is -2.49. The maximum atomic E-state index is 2.62. The van der Waals surface area contributed by atoms with Crippen LogP contribution in [0.3, 0.4) is 0 Å². The predicted octanol–water partition coefficient (Wildman–Crippen LogP) is 14.9. The topological polar surface area (TPSA) is 0 Å². The Kier molecular flexibility index (Phi) is 7.53. The summed E-state index contributed by atoms with van der Waals surface area (Å²) in [6.45, 7) is 9.84. The van der Waals surface area contributed by atoms with Gasteiger partial charge in [0.15, 0.2) is 0 Å². The average molecular weight is 781 g/mol. The Bertz CT molecular complexity index is 3410. The molecule has 0 radical (unpaired) electrons. The van der Waals surface area contributed by atoms with Gasteiger partial charge in [0.2, 0.25) is 0 Å². The second-order valence-corrected chi connectivity index (χ2v) is 22.4. The third kappa shape index (κ3) is 5.03. The minimum absolute atomic E-state index is 0.0747. The van der Waals surface area contributed by atoms with E-state index in [9.17, 15) is 0 Å². The summed E-state index contributed by atoms with van der Waals surface area (Å²) in [6, 6.07) is 73.7. The highest BCUT2D eigenvalue weighted by molar-refractivity contribution is 7.04. The molecule has 0 bridgehead atoms. The number of fused-ring (bicyclic) bond motifs is 9. The fourth-order valence-corrected chi connectivity index (χ4v) is 14.1. The molecule has 0 unspecified atom stereocenters. The van der Waals surface area contributed by atoms with Crippen molar-refractivity contribution in [1.29, 1.82) is 0 Å². The summed E-state index contributed by atoms with van der Waals surface area (Å²) in [6.07, 6.45) is 0. The Labute approximate surface area is 353 Å². The van der Waals surface area contributed by atoms with E-state index in [1.807, 2.05) is 0 Å². The van der Waals surface area contributed by atoms with Crippen molar-refractivity contribution in [2.24, 2.45) is 0 Å². The zero-order chi connectivity index (χ0) is 40.3. The van der Waals surface area contributed by atoms with E-state index in [1.165, 1.54) is 121 Å². The second-order valence-electron chi connectivity index (χ2n) is 18.0. The Morgan fingerprint density at radius 3 is 1.80 bits per heavy atom. The lowest BCUT2D eigenvalue weighted by atomic mass is 9.81. The van der Waals surface area contributed by atoms with E-state index in [2.05, 4.69) is 221 Å². The van der Waals surface area contributed by atoms with Crippen molar-refractivity contribution in [3.8, 4) is 66.8 Å². The van der Waals surface area contributed by atoms with Gasteiger partial charge in [-0.25, -0.2) is 0 Å². The first-order valence-electron chi connectivity index (χ1n) is 21.3. The van der Waals surface area contributed by atoms with E-state index < -0.39 is 8.07 Å². The standard InChI is InChI=1S/C59H44Si/c1-59(2)53-26-12-10-23-44(53)45-30-28-41(34-54(45)59)40-29-31-48-50(33-40)58(47-25-15-19-38-18-8-9-22-43(38)47)52-36-56-49(46-24-11-13-27-55(46)60(56,3)4)35-51(52)57(48)42-21-14-20-39(32-42)37-16-6-5-7-17-37/h5-36H,1-4H3. The van der Waals surface area contributed by atoms with Crippen LogP contribution in [0, 0.1) is 0 Å². The van der Waals surface area contributed by atoms with Crippen molar-refractivity contribution >= 4 is 50.8 Å². The second kappa shape index (κ2) is 12.8. The van der Waals surface area contributed by atoms with Crippen molar-refractivity contribution in [3.05, 3.63) is 205 Å². The van der Waals surface area contributed by atoms with Gasteiger partial charge in [0, 0.05) is 5.41 Å². The van der Waals surface area contributed by atoms with Gasteiger partial charge in [-0.05, 0) is 145 Å². The lowest BCUT2D eigenvalue weighted by molar-refractivity contribution is 0.660. The van der Waals surface area contributed by atoms with Gasteiger partial charge < -0.3 is 0 Å². The molecule has 0 nitrogen and oxygen atoms in total. The van der Waals surface area contributed by atoms with Crippen molar-refractivity contribution in [2.75, 3.05) is 0 Å². The Morgan fingerprint density at radius 2 is 0.917 bits per heavy atom. The monoisotopic (exact) mass is 780 g/mol. The van der Waals surface area contributed by atoms with Gasteiger partial charge in [0.1, 0.15) is 8.07 Å². The van der Waals surface area contributed by atoms with Gasteiger partial charge in [-0.1, -0.05) is 197 Å². The van der Waals surface area contributed by atoms with E-state index in [0.29, 0.717) is 0 Å². The van der Waals surface area contributed by atoms with Gasteiger partial charge in [0.25, 0.3) is 0 Å². The summed E-state index contributed by atoms with van der Waals surface area (Å²) in [5, 5.41) is 10.8. The average Bonchev–Trinajstić information content (AvgIpc) is 3.66. The molecule has 0 aromatic heterocycles. The van der Waals surface area contributed by atoms with Crippen LogP contribution in [-0.4, -0.2) is 8.07 Å². The van der Waals surface area contributed by atoms with Crippen molar-refractivity contribution < 1.29 is 0 Å². The summed E-state index contributed by atoms with van der Waals surface area (Å²) in [4.78, 5) is 0. The molecule has 1 heteroatoms. The summed E-state index contributed by atoms with van der Waals surface area (Å²) >= 11 is 0. The van der Waals surface area contributed by atoms with Crippen molar-refractivity contribution in [1.82, 2.24) is 0 Å². The van der Waals surface area contributed by atoms with Gasteiger partial charge in [0.05, 0.1) is 0 Å². The Hall–Kier alpha value is -6.80.